The van der Waals surface area contributed by atoms with E-state index in [1.807, 2.05) is 0 Å². The summed E-state index contributed by atoms with van der Waals surface area (Å²) >= 11 is 0. The maximum atomic E-state index is 12.0. The van der Waals surface area contributed by atoms with Crippen molar-refractivity contribution >= 4 is 11.7 Å². The van der Waals surface area contributed by atoms with Gasteiger partial charge in [0, 0.05) is 12.2 Å². The standard InChI is InChI=1S/C12H12F3NO3/c13-12(14,15)19-9-5-3-8(4-6-9)16-7-1-2-10(16)11(17)18/h3-6,10H,1-2,7H2,(H,17,18). The number of nitrogens with zero attached hydrogens (tertiary/aromatic N) is 1. The molecule has 0 amide bonds. The van der Waals surface area contributed by atoms with Crippen LogP contribution in [-0.4, -0.2) is 30.0 Å². The van der Waals surface area contributed by atoms with E-state index >= 15 is 0 Å². The SMILES string of the molecule is O=C(O)C1CCCN1c1ccc(OC(F)(F)F)cc1. The van der Waals surface area contributed by atoms with Gasteiger partial charge in [0.05, 0.1) is 0 Å². The van der Waals surface area contributed by atoms with Gasteiger partial charge in [-0.3, -0.25) is 0 Å². The summed E-state index contributed by atoms with van der Waals surface area (Å²) in [4.78, 5) is 12.7. The van der Waals surface area contributed by atoms with Crippen molar-refractivity contribution in [3.05, 3.63) is 24.3 Å². The molecule has 1 aliphatic rings. The zero-order valence-electron chi connectivity index (χ0n) is 9.85. The lowest BCUT2D eigenvalue weighted by Crippen LogP contribution is -2.35. The van der Waals surface area contributed by atoms with Crippen LogP contribution >= 0.6 is 0 Å². The first-order valence-corrected chi connectivity index (χ1v) is 5.72. The quantitative estimate of drug-likeness (QED) is 0.921. The summed E-state index contributed by atoms with van der Waals surface area (Å²) in [5, 5.41) is 9.04. The number of rotatable bonds is 3. The molecule has 7 heteroatoms. The molecule has 1 aromatic rings. The number of benzene rings is 1. The van der Waals surface area contributed by atoms with Crippen molar-refractivity contribution in [2.75, 3.05) is 11.4 Å². The Kier molecular flexibility index (Phi) is 3.55. The molecule has 0 bridgehead atoms. The van der Waals surface area contributed by atoms with E-state index in [0.29, 0.717) is 18.7 Å². The fourth-order valence-electron chi connectivity index (χ4n) is 2.17. The van der Waals surface area contributed by atoms with Crippen molar-refractivity contribution < 1.29 is 27.8 Å². The van der Waals surface area contributed by atoms with E-state index in [2.05, 4.69) is 4.74 Å². The van der Waals surface area contributed by atoms with Gasteiger partial charge in [0.2, 0.25) is 0 Å². The number of carboxylic acids is 1. The van der Waals surface area contributed by atoms with E-state index < -0.39 is 18.4 Å². The van der Waals surface area contributed by atoms with E-state index in [0.717, 1.165) is 6.42 Å². The second kappa shape index (κ2) is 4.99. The number of halogens is 3. The molecule has 0 saturated carbocycles. The summed E-state index contributed by atoms with van der Waals surface area (Å²) < 4.78 is 39.8. The molecular formula is C12H12F3NO3. The number of carbonyl (C=O) groups is 1. The van der Waals surface area contributed by atoms with Gasteiger partial charge in [-0.25, -0.2) is 4.79 Å². The second-order valence-electron chi connectivity index (χ2n) is 4.23. The van der Waals surface area contributed by atoms with Gasteiger partial charge in [0.15, 0.2) is 0 Å². The van der Waals surface area contributed by atoms with E-state index in [1.54, 1.807) is 4.90 Å². The van der Waals surface area contributed by atoms with Gasteiger partial charge in [-0.1, -0.05) is 0 Å². The van der Waals surface area contributed by atoms with Crippen LogP contribution in [0.4, 0.5) is 18.9 Å². The summed E-state index contributed by atoms with van der Waals surface area (Å²) in [7, 11) is 0. The molecule has 4 nitrogen and oxygen atoms in total. The highest BCUT2D eigenvalue weighted by atomic mass is 19.4. The Morgan fingerprint density at radius 2 is 1.95 bits per heavy atom. The Balaban J connectivity index is 2.12. The summed E-state index contributed by atoms with van der Waals surface area (Å²) in [5.74, 6) is -1.24. The van der Waals surface area contributed by atoms with Crippen LogP contribution in [0.3, 0.4) is 0 Å². The van der Waals surface area contributed by atoms with Crippen LogP contribution in [0.25, 0.3) is 0 Å². The van der Waals surface area contributed by atoms with Crippen molar-refractivity contribution in [1.82, 2.24) is 0 Å². The van der Waals surface area contributed by atoms with E-state index in [4.69, 9.17) is 5.11 Å². The largest absolute Gasteiger partial charge is 0.573 e. The summed E-state index contributed by atoms with van der Waals surface area (Å²) in [6.45, 7) is 0.580. The van der Waals surface area contributed by atoms with Crippen molar-refractivity contribution in [3.63, 3.8) is 0 Å². The van der Waals surface area contributed by atoms with Crippen molar-refractivity contribution in [2.45, 2.75) is 25.2 Å². The van der Waals surface area contributed by atoms with Crippen LogP contribution in [-0.2, 0) is 4.79 Å². The fraction of sp³-hybridized carbons (Fsp3) is 0.417. The van der Waals surface area contributed by atoms with Gasteiger partial charge in [0.1, 0.15) is 11.8 Å². The molecular weight excluding hydrogens is 263 g/mol. The Bertz CT molecular complexity index is 458. The molecule has 1 aliphatic heterocycles. The third-order valence-electron chi connectivity index (χ3n) is 2.94. The molecule has 2 rings (SSSR count). The zero-order chi connectivity index (χ0) is 14.0. The fourth-order valence-corrected chi connectivity index (χ4v) is 2.17. The summed E-state index contributed by atoms with van der Waals surface area (Å²) in [6.07, 6.45) is -3.44. The highest BCUT2D eigenvalue weighted by Gasteiger charge is 2.32. The number of carboxylic acid groups (broad SMARTS) is 1. The molecule has 1 heterocycles. The van der Waals surface area contributed by atoms with E-state index in [9.17, 15) is 18.0 Å². The van der Waals surface area contributed by atoms with Crippen LogP contribution < -0.4 is 9.64 Å². The van der Waals surface area contributed by atoms with Crippen molar-refractivity contribution in [3.8, 4) is 5.75 Å². The lowest BCUT2D eigenvalue weighted by atomic mass is 10.2. The first-order valence-electron chi connectivity index (χ1n) is 5.72. The van der Waals surface area contributed by atoms with Gasteiger partial charge < -0.3 is 14.7 Å². The van der Waals surface area contributed by atoms with Gasteiger partial charge in [0.25, 0.3) is 0 Å². The van der Waals surface area contributed by atoms with Crippen LogP contribution in [0.15, 0.2) is 24.3 Å². The molecule has 1 saturated heterocycles. The topological polar surface area (TPSA) is 49.8 Å². The van der Waals surface area contributed by atoms with Crippen molar-refractivity contribution in [2.24, 2.45) is 0 Å². The minimum atomic E-state index is -4.72. The molecule has 104 valence electrons. The first-order chi connectivity index (χ1) is 8.87. The average molecular weight is 275 g/mol. The Morgan fingerprint density at radius 3 is 2.47 bits per heavy atom. The molecule has 1 N–H and O–H groups in total. The van der Waals surface area contributed by atoms with Crippen LogP contribution in [0.5, 0.6) is 5.75 Å². The van der Waals surface area contributed by atoms with Gasteiger partial charge in [-0.2, -0.15) is 0 Å². The molecule has 1 fully saturated rings. The monoisotopic (exact) mass is 275 g/mol. The van der Waals surface area contributed by atoms with E-state index in [-0.39, 0.29) is 5.75 Å². The number of hydrogen-bond acceptors (Lipinski definition) is 3. The minimum Gasteiger partial charge on any atom is -0.480 e. The number of hydrogen-bond donors (Lipinski definition) is 1. The van der Waals surface area contributed by atoms with Gasteiger partial charge in [-0.05, 0) is 37.1 Å². The molecule has 1 unspecified atom stereocenters. The van der Waals surface area contributed by atoms with E-state index in [1.165, 1.54) is 24.3 Å². The van der Waals surface area contributed by atoms with Crippen LogP contribution in [0.2, 0.25) is 0 Å². The lowest BCUT2D eigenvalue weighted by Gasteiger charge is -2.23. The molecule has 19 heavy (non-hydrogen) atoms. The zero-order valence-corrected chi connectivity index (χ0v) is 9.85. The predicted octanol–water partition coefficient (Wildman–Crippen LogP) is 2.64. The normalized spacial score (nSPS) is 19.5. The highest BCUT2D eigenvalue weighted by molar-refractivity contribution is 5.79. The third-order valence-corrected chi connectivity index (χ3v) is 2.94. The molecule has 0 radical (unpaired) electrons. The first kappa shape index (κ1) is 13.5. The van der Waals surface area contributed by atoms with Gasteiger partial charge in [-0.15, -0.1) is 13.2 Å². The number of aliphatic carboxylic acids is 1. The Labute approximate surface area is 107 Å². The van der Waals surface area contributed by atoms with Crippen LogP contribution in [0.1, 0.15) is 12.8 Å². The van der Waals surface area contributed by atoms with Crippen LogP contribution in [0, 0.1) is 0 Å². The summed E-state index contributed by atoms with van der Waals surface area (Å²) in [6, 6.07) is 4.61. The Morgan fingerprint density at radius 1 is 1.32 bits per heavy atom. The number of ether oxygens (including phenoxy) is 1. The number of anilines is 1. The molecule has 0 aromatic heterocycles. The van der Waals surface area contributed by atoms with Crippen molar-refractivity contribution in [1.29, 1.82) is 0 Å². The Hall–Kier alpha value is -1.92. The smallest absolute Gasteiger partial charge is 0.480 e. The third kappa shape index (κ3) is 3.30. The molecule has 0 aliphatic carbocycles. The number of alkyl halides is 3. The minimum absolute atomic E-state index is 0.317. The van der Waals surface area contributed by atoms with Gasteiger partial charge >= 0.3 is 12.3 Å². The highest BCUT2D eigenvalue weighted by Crippen LogP contribution is 2.29. The maximum absolute atomic E-state index is 12.0. The molecule has 1 aromatic carbocycles. The maximum Gasteiger partial charge on any atom is 0.573 e. The second-order valence-corrected chi connectivity index (χ2v) is 4.23. The molecule has 0 spiro atoms. The predicted molar refractivity (Wildman–Crippen MR) is 61.1 cm³/mol. The summed E-state index contributed by atoms with van der Waals surface area (Å²) in [5.41, 5.74) is 0.583. The average Bonchev–Trinajstić information content (AvgIpc) is 2.76. The lowest BCUT2D eigenvalue weighted by molar-refractivity contribution is -0.274. The molecule has 1 atom stereocenters.